The Labute approximate surface area is 187 Å². The third kappa shape index (κ3) is 5.83. The minimum absolute atomic E-state index is 0.141. The lowest BCUT2D eigenvalue weighted by atomic mass is 9.95. The van der Waals surface area contributed by atoms with Gasteiger partial charge in [-0.25, -0.2) is 8.78 Å². The van der Waals surface area contributed by atoms with Gasteiger partial charge in [-0.15, -0.1) is 23.5 Å². The largest absolute Gasteiger partial charge is 0.259 e. The molecule has 0 saturated heterocycles. The molecule has 2 unspecified atom stereocenters. The Morgan fingerprint density at radius 3 is 2.03 bits per heavy atom. The van der Waals surface area contributed by atoms with Crippen LogP contribution in [0.2, 0.25) is 0 Å². The van der Waals surface area contributed by atoms with E-state index < -0.39 is 0 Å². The summed E-state index contributed by atoms with van der Waals surface area (Å²) in [6.45, 7) is 4.00. The van der Waals surface area contributed by atoms with Gasteiger partial charge < -0.3 is 0 Å². The summed E-state index contributed by atoms with van der Waals surface area (Å²) in [6.07, 6.45) is 3.80. The van der Waals surface area contributed by atoms with Crippen LogP contribution in [0, 0.1) is 11.6 Å². The van der Waals surface area contributed by atoms with E-state index in [2.05, 4.69) is 22.0 Å². The van der Waals surface area contributed by atoms with Crippen LogP contribution in [-0.2, 0) is 6.42 Å². The van der Waals surface area contributed by atoms with Gasteiger partial charge in [-0.2, -0.15) is 0 Å². The van der Waals surface area contributed by atoms with E-state index in [9.17, 15) is 8.78 Å². The summed E-state index contributed by atoms with van der Waals surface area (Å²) >= 11 is 6.98. The maximum absolute atomic E-state index is 13.3. The molecule has 2 aromatic carbocycles. The van der Waals surface area contributed by atoms with Gasteiger partial charge in [0.1, 0.15) is 11.6 Å². The van der Waals surface area contributed by atoms with Crippen LogP contribution < -0.4 is 0 Å². The number of fused-ring (bicyclic) bond motifs is 1. The zero-order valence-electron chi connectivity index (χ0n) is 16.2. The van der Waals surface area contributed by atoms with Crippen molar-refractivity contribution in [1.29, 1.82) is 0 Å². The highest BCUT2D eigenvalue weighted by Crippen LogP contribution is 2.49. The van der Waals surface area contributed by atoms with Gasteiger partial charge in [0.15, 0.2) is 0 Å². The average Bonchev–Trinajstić information content (AvgIpc) is 2.74. The molecule has 0 N–H and O–H groups in total. The number of hydrogen-bond acceptors (Lipinski definition) is 3. The first-order chi connectivity index (χ1) is 14.1. The van der Waals surface area contributed by atoms with Gasteiger partial charge in [-0.3, -0.25) is 4.98 Å². The first-order valence-corrected chi connectivity index (χ1v) is 12.1. The molecule has 29 heavy (non-hydrogen) atoms. The van der Waals surface area contributed by atoms with Crippen molar-refractivity contribution in [3.8, 4) is 0 Å². The van der Waals surface area contributed by atoms with Crippen molar-refractivity contribution in [3.05, 3.63) is 88.2 Å². The van der Waals surface area contributed by atoms with Gasteiger partial charge in [0.25, 0.3) is 0 Å². The first kappa shape index (κ1) is 22.3. The zero-order valence-corrected chi connectivity index (χ0v) is 19.5. The van der Waals surface area contributed by atoms with Gasteiger partial charge in [0.2, 0.25) is 0 Å². The molecule has 0 bridgehead atoms. The summed E-state index contributed by atoms with van der Waals surface area (Å²) in [7, 11) is 0. The molecule has 0 fully saturated rings. The molecule has 3 aromatic rings. The minimum Gasteiger partial charge on any atom is -0.259 e. The van der Waals surface area contributed by atoms with E-state index in [1.807, 2.05) is 44.3 Å². The van der Waals surface area contributed by atoms with E-state index in [4.69, 9.17) is 4.98 Å². The van der Waals surface area contributed by atoms with Crippen LogP contribution in [0.1, 0.15) is 36.8 Å². The molecule has 1 aliphatic carbocycles. The number of pyridine rings is 1. The van der Waals surface area contributed by atoms with Gasteiger partial charge in [0.05, 0.1) is 10.9 Å². The molecule has 0 aliphatic heterocycles. The lowest BCUT2D eigenvalue weighted by molar-refractivity contribution is 0.625. The molecule has 2 atom stereocenters. The molecule has 0 amide bonds. The number of halogens is 3. The van der Waals surface area contributed by atoms with Crippen LogP contribution >= 0.6 is 39.5 Å². The van der Waals surface area contributed by atoms with Crippen molar-refractivity contribution in [3.63, 3.8) is 0 Å². The maximum atomic E-state index is 13.3. The molecule has 0 radical (unpaired) electrons. The summed E-state index contributed by atoms with van der Waals surface area (Å²) in [6, 6.07) is 15.4. The molecule has 1 nitrogen and oxygen atoms in total. The van der Waals surface area contributed by atoms with Crippen LogP contribution in [0.3, 0.4) is 0 Å². The Morgan fingerprint density at radius 1 is 0.897 bits per heavy atom. The highest BCUT2D eigenvalue weighted by atomic mass is 79.9. The van der Waals surface area contributed by atoms with E-state index in [0.29, 0.717) is 5.25 Å². The number of aromatic nitrogens is 1. The fourth-order valence-corrected chi connectivity index (χ4v) is 6.21. The molecule has 1 heterocycles. The van der Waals surface area contributed by atoms with E-state index in [1.54, 1.807) is 23.5 Å². The smallest absolute Gasteiger partial charge is 0.123 e. The second-order valence-electron chi connectivity index (χ2n) is 6.34. The summed E-state index contributed by atoms with van der Waals surface area (Å²) in [5, 5.41) is 0.439. The SMILES string of the molecule is CC.Fc1ccc(SC2CCc3cc(Br)cnc3C2Sc2ccc(F)cc2)cc1. The zero-order chi connectivity index (χ0) is 20.8. The van der Waals surface area contributed by atoms with Crippen molar-refractivity contribution in [2.45, 2.75) is 47.0 Å². The number of aryl methyl sites for hydroxylation is 1. The first-order valence-electron chi connectivity index (χ1n) is 9.57. The van der Waals surface area contributed by atoms with Crippen LogP contribution in [-0.4, -0.2) is 10.2 Å². The fraction of sp³-hybridized carbons (Fsp3) is 0.261. The third-order valence-corrected chi connectivity index (χ3v) is 7.76. The molecule has 0 spiro atoms. The Bertz CT molecular complexity index is 933. The van der Waals surface area contributed by atoms with Gasteiger partial charge in [0, 0.05) is 25.7 Å². The monoisotopic (exact) mass is 493 g/mol. The summed E-state index contributed by atoms with van der Waals surface area (Å²) in [5.41, 5.74) is 2.33. The fourth-order valence-electron chi connectivity index (χ4n) is 3.17. The van der Waals surface area contributed by atoms with E-state index in [-0.39, 0.29) is 16.9 Å². The van der Waals surface area contributed by atoms with Crippen LogP contribution in [0.25, 0.3) is 0 Å². The maximum Gasteiger partial charge on any atom is 0.123 e. The highest BCUT2D eigenvalue weighted by molar-refractivity contribution is 9.10. The van der Waals surface area contributed by atoms with Gasteiger partial charge in [-0.1, -0.05) is 13.8 Å². The quantitative estimate of drug-likeness (QED) is 0.364. The second kappa shape index (κ2) is 10.6. The van der Waals surface area contributed by atoms with E-state index in [0.717, 1.165) is 32.8 Å². The molecule has 1 aliphatic rings. The molecule has 152 valence electrons. The predicted molar refractivity (Wildman–Crippen MR) is 123 cm³/mol. The lowest BCUT2D eigenvalue weighted by Crippen LogP contribution is -2.22. The summed E-state index contributed by atoms with van der Waals surface area (Å²) in [4.78, 5) is 6.77. The average molecular weight is 494 g/mol. The molecule has 4 rings (SSSR count). The molecule has 1 aromatic heterocycles. The topological polar surface area (TPSA) is 12.9 Å². The number of rotatable bonds is 4. The van der Waals surface area contributed by atoms with Gasteiger partial charge >= 0.3 is 0 Å². The van der Waals surface area contributed by atoms with Crippen molar-refractivity contribution in [1.82, 2.24) is 4.98 Å². The van der Waals surface area contributed by atoms with Crippen molar-refractivity contribution >= 4 is 39.5 Å². The third-order valence-electron chi connectivity index (χ3n) is 4.45. The molecule has 0 saturated carbocycles. The summed E-state index contributed by atoms with van der Waals surface area (Å²) in [5.74, 6) is -0.459. The van der Waals surface area contributed by atoms with E-state index in [1.165, 1.54) is 29.8 Å². The second-order valence-corrected chi connectivity index (χ2v) is 9.78. The van der Waals surface area contributed by atoms with Crippen LogP contribution in [0.4, 0.5) is 8.78 Å². The standard InChI is InChI=1S/C21H16BrF2NS2.C2H6/c22-14-11-13-1-10-19(26-17-6-2-15(23)3-7-17)21(20(13)25-12-14)27-18-8-4-16(24)5-9-18;1-2/h2-9,11-12,19,21H,1,10H2;1-2H3. The number of hydrogen-bond donors (Lipinski definition) is 0. The van der Waals surface area contributed by atoms with Crippen molar-refractivity contribution < 1.29 is 8.78 Å². The van der Waals surface area contributed by atoms with Crippen molar-refractivity contribution in [2.24, 2.45) is 0 Å². The summed E-state index contributed by atoms with van der Waals surface area (Å²) < 4.78 is 27.5. The number of nitrogens with zero attached hydrogens (tertiary/aromatic N) is 1. The van der Waals surface area contributed by atoms with Crippen LogP contribution in [0.5, 0.6) is 0 Å². The molecular weight excluding hydrogens is 472 g/mol. The molecule has 6 heteroatoms. The Hall–Kier alpha value is -1.37. The Balaban J connectivity index is 0.00000117. The van der Waals surface area contributed by atoms with E-state index >= 15 is 0 Å². The molecular formula is C23H22BrF2NS2. The Morgan fingerprint density at radius 2 is 1.45 bits per heavy atom. The Kier molecular flexibility index (Phi) is 8.16. The normalized spacial score (nSPS) is 17.8. The minimum atomic E-state index is -0.234. The highest BCUT2D eigenvalue weighted by Gasteiger charge is 2.32. The number of benzene rings is 2. The van der Waals surface area contributed by atoms with Crippen LogP contribution in [0.15, 0.2) is 75.1 Å². The van der Waals surface area contributed by atoms with Crippen molar-refractivity contribution in [2.75, 3.05) is 0 Å². The van der Waals surface area contributed by atoms with Gasteiger partial charge in [-0.05, 0) is 88.9 Å². The number of thioether (sulfide) groups is 2. The predicted octanol–water partition coefficient (Wildman–Crippen LogP) is 8.09. The lowest BCUT2D eigenvalue weighted by Gasteiger charge is -2.32.